The van der Waals surface area contributed by atoms with Gasteiger partial charge in [0.1, 0.15) is 0 Å². The van der Waals surface area contributed by atoms with Crippen LogP contribution in [0.4, 0.5) is 0 Å². The van der Waals surface area contributed by atoms with E-state index < -0.39 is 9.84 Å². The number of benzene rings is 1. The molecule has 92 valence electrons. The molecular formula is C13H16O3S. The first kappa shape index (κ1) is 13.6. The molecule has 0 saturated carbocycles. The summed E-state index contributed by atoms with van der Waals surface area (Å²) in [6.07, 6.45) is 3.03. The van der Waals surface area contributed by atoms with Crippen molar-refractivity contribution >= 4 is 15.6 Å². The quantitative estimate of drug-likeness (QED) is 0.756. The largest absolute Gasteiger partial charge is 0.295 e. The van der Waals surface area contributed by atoms with E-state index in [1.807, 2.05) is 6.92 Å². The van der Waals surface area contributed by atoms with Crippen LogP contribution < -0.4 is 0 Å². The normalized spacial score (nSPS) is 11.9. The smallest absolute Gasteiger partial charge is 0.178 e. The van der Waals surface area contributed by atoms with Crippen LogP contribution in [0.25, 0.3) is 0 Å². The molecule has 1 rings (SSSR count). The predicted molar refractivity (Wildman–Crippen MR) is 67.7 cm³/mol. The Morgan fingerprint density at radius 1 is 1.24 bits per heavy atom. The highest BCUT2D eigenvalue weighted by molar-refractivity contribution is 7.91. The molecule has 0 amide bonds. The summed E-state index contributed by atoms with van der Waals surface area (Å²) in [5, 5.41) is 0. The molecule has 0 radical (unpaired) electrons. The first-order valence-corrected chi connectivity index (χ1v) is 7.06. The number of allylic oxidation sites excluding steroid dienone is 2. The van der Waals surface area contributed by atoms with Crippen LogP contribution >= 0.6 is 0 Å². The van der Waals surface area contributed by atoms with Gasteiger partial charge >= 0.3 is 0 Å². The third kappa shape index (κ3) is 4.15. The lowest BCUT2D eigenvalue weighted by Crippen LogP contribution is -2.10. The molecule has 0 aliphatic carbocycles. The van der Waals surface area contributed by atoms with E-state index in [-0.39, 0.29) is 22.9 Å². The van der Waals surface area contributed by atoms with Crippen LogP contribution in [0.5, 0.6) is 0 Å². The van der Waals surface area contributed by atoms with Gasteiger partial charge in [0, 0.05) is 6.42 Å². The number of carbonyl (C=O) groups is 1. The van der Waals surface area contributed by atoms with E-state index in [0.717, 1.165) is 5.56 Å². The number of hydrogen-bond donors (Lipinski definition) is 0. The van der Waals surface area contributed by atoms with E-state index in [9.17, 15) is 13.2 Å². The van der Waals surface area contributed by atoms with Gasteiger partial charge in [-0.05, 0) is 32.1 Å². The number of hydrogen-bond acceptors (Lipinski definition) is 3. The predicted octanol–water partition coefficient (Wildman–Crippen LogP) is 2.30. The SMILES string of the molecule is C/C=C/C(=O)CCS(=O)(=O)c1ccc(C)cc1. The van der Waals surface area contributed by atoms with Gasteiger partial charge in [-0.25, -0.2) is 8.42 Å². The van der Waals surface area contributed by atoms with Crippen molar-refractivity contribution in [3.05, 3.63) is 42.0 Å². The average Bonchev–Trinajstić information content (AvgIpc) is 2.28. The molecule has 4 heteroatoms. The van der Waals surface area contributed by atoms with Crippen molar-refractivity contribution in [1.29, 1.82) is 0 Å². The van der Waals surface area contributed by atoms with Gasteiger partial charge in [0.15, 0.2) is 15.6 Å². The fourth-order valence-corrected chi connectivity index (χ4v) is 2.62. The van der Waals surface area contributed by atoms with Crippen molar-refractivity contribution < 1.29 is 13.2 Å². The van der Waals surface area contributed by atoms with Gasteiger partial charge < -0.3 is 0 Å². The van der Waals surface area contributed by atoms with Crippen molar-refractivity contribution in [3.63, 3.8) is 0 Å². The van der Waals surface area contributed by atoms with Crippen LogP contribution in [0.2, 0.25) is 0 Å². The maximum Gasteiger partial charge on any atom is 0.178 e. The van der Waals surface area contributed by atoms with Crippen molar-refractivity contribution in [1.82, 2.24) is 0 Å². The summed E-state index contributed by atoms with van der Waals surface area (Å²) in [4.78, 5) is 11.5. The highest BCUT2D eigenvalue weighted by Crippen LogP contribution is 2.13. The molecule has 3 nitrogen and oxygen atoms in total. The Hall–Kier alpha value is -1.42. The molecule has 0 aliphatic rings. The molecule has 1 aromatic carbocycles. The molecule has 0 heterocycles. The van der Waals surface area contributed by atoms with Crippen molar-refractivity contribution in [2.24, 2.45) is 0 Å². The summed E-state index contributed by atoms with van der Waals surface area (Å²) in [7, 11) is -3.35. The topological polar surface area (TPSA) is 51.2 Å². The second kappa shape index (κ2) is 5.77. The van der Waals surface area contributed by atoms with Gasteiger partial charge in [-0.1, -0.05) is 23.8 Å². The summed E-state index contributed by atoms with van der Waals surface area (Å²) < 4.78 is 23.8. The average molecular weight is 252 g/mol. The van der Waals surface area contributed by atoms with Gasteiger partial charge in [0.25, 0.3) is 0 Å². The highest BCUT2D eigenvalue weighted by Gasteiger charge is 2.15. The second-order valence-electron chi connectivity index (χ2n) is 3.85. The first-order valence-electron chi connectivity index (χ1n) is 5.40. The minimum atomic E-state index is -3.35. The maximum absolute atomic E-state index is 11.9. The molecule has 0 aromatic heterocycles. The summed E-state index contributed by atoms with van der Waals surface area (Å²) >= 11 is 0. The summed E-state index contributed by atoms with van der Waals surface area (Å²) in [6, 6.07) is 6.65. The molecule has 0 N–H and O–H groups in total. The third-order valence-electron chi connectivity index (χ3n) is 2.35. The minimum absolute atomic E-state index is 0.0283. The van der Waals surface area contributed by atoms with Crippen molar-refractivity contribution in [2.45, 2.75) is 25.2 Å². The molecule has 0 saturated heterocycles. The molecule has 0 fully saturated rings. The Bertz CT molecular complexity index is 510. The van der Waals surface area contributed by atoms with E-state index in [1.54, 1.807) is 37.3 Å². The molecule has 0 spiro atoms. The lowest BCUT2D eigenvalue weighted by Gasteiger charge is -2.03. The third-order valence-corrected chi connectivity index (χ3v) is 4.08. The number of ketones is 1. The molecule has 0 unspecified atom stereocenters. The maximum atomic E-state index is 11.9. The molecule has 1 aromatic rings. The number of aryl methyl sites for hydroxylation is 1. The van der Waals surface area contributed by atoms with Gasteiger partial charge in [-0.3, -0.25) is 4.79 Å². The highest BCUT2D eigenvalue weighted by atomic mass is 32.2. The summed E-state index contributed by atoms with van der Waals surface area (Å²) in [6.45, 7) is 3.62. The van der Waals surface area contributed by atoms with Crippen LogP contribution in [0.3, 0.4) is 0 Å². The number of sulfone groups is 1. The second-order valence-corrected chi connectivity index (χ2v) is 5.96. The van der Waals surface area contributed by atoms with Crippen molar-refractivity contribution in [3.8, 4) is 0 Å². The van der Waals surface area contributed by atoms with Gasteiger partial charge in [-0.15, -0.1) is 0 Å². The minimum Gasteiger partial charge on any atom is -0.295 e. The zero-order valence-corrected chi connectivity index (χ0v) is 10.8. The summed E-state index contributed by atoms with van der Waals surface area (Å²) in [5.41, 5.74) is 1.01. The Morgan fingerprint density at radius 3 is 2.35 bits per heavy atom. The molecule has 17 heavy (non-hydrogen) atoms. The van der Waals surface area contributed by atoms with Crippen molar-refractivity contribution in [2.75, 3.05) is 5.75 Å². The Balaban J connectivity index is 2.76. The van der Waals surface area contributed by atoms with E-state index in [4.69, 9.17) is 0 Å². The molecular weight excluding hydrogens is 236 g/mol. The standard InChI is InChI=1S/C13H16O3S/c1-3-4-12(14)9-10-17(15,16)13-7-5-11(2)6-8-13/h3-8H,9-10H2,1-2H3/b4-3+. The fourth-order valence-electron chi connectivity index (χ4n) is 1.37. The monoisotopic (exact) mass is 252 g/mol. The van der Waals surface area contributed by atoms with Crippen LogP contribution in [0.15, 0.2) is 41.3 Å². The van der Waals surface area contributed by atoms with Crippen LogP contribution in [0, 0.1) is 6.92 Å². The van der Waals surface area contributed by atoms with Gasteiger partial charge in [0.2, 0.25) is 0 Å². The Morgan fingerprint density at radius 2 is 1.82 bits per heavy atom. The van der Waals surface area contributed by atoms with E-state index in [1.165, 1.54) is 6.08 Å². The molecule has 0 bridgehead atoms. The Labute approximate surface area is 102 Å². The fraction of sp³-hybridized carbons (Fsp3) is 0.308. The van der Waals surface area contributed by atoms with Crippen LogP contribution in [-0.2, 0) is 14.6 Å². The van der Waals surface area contributed by atoms with E-state index in [0.29, 0.717) is 0 Å². The lowest BCUT2D eigenvalue weighted by molar-refractivity contribution is -0.114. The van der Waals surface area contributed by atoms with Crippen LogP contribution in [-0.4, -0.2) is 20.0 Å². The first-order chi connectivity index (χ1) is 7.95. The van der Waals surface area contributed by atoms with Gasteiger partial charge in [0.05, 0.1) is 10.6 Å². The number of rotatable bonds is 5. The molecule has 0 aliphatic heterocycles. The van der Waals surface area contributed by atoms with E-state index in [2.05, 4.69) is 0 Å². The van der Waals surface area contributed by atoms with Gasteiger partial charge in [-0.2, -0.15) is 0 Å². The Kier molecular flexibility index (Phi) is 4.63. The zero-order valence-electron chi connectivity index (χ0n) is 10.0. The van der Waals surface area contributed by atoms with Crippen LogP contribution in [0.1, 0.15) is 18.9 Å². The lowest BCUT2D eigenvalue weighted by atomic mass is 10.2. The zero-order chi connectivity index (χ0) is 12.9. The molecule has 0 atom stereocenters. The number of carbonyl (C=O) groups excluding carboxylic acids is 1. The summed E-state index contributed by atoms with van der Waals surface area (Å²) in [5.74, 6) is -0.303. The van der Waals surface area contributed by atoms with E-state index >= 15 is 0 Å².